The standard InChI is InChI=1S/C19H19BrN4O3/c1-4-6-12-10-21-16-14(18(26)24(3)19(27)23(16)2)15(12)22-17(25)11-7-5-8-13(20)9-11/h5,7-10H,4,6H2,1-3H3,(H,21,22,25). The molecule has 140 valence electrons. The number of aryl methyl sites for hydroxylation is 2. The maximum Gasteiger partial charge on any atom is 0.332 e. The summed E-state index contributed by atoms with van der Waals surface area (Å²) < 4.78 is 3.11. The van der Waals surface area contributed by atoms with Gasteiger partial charge in [0.2, 0.25) is 0 Å². The number of benzene rings is 1. The summed E-state index contributed by atoms with van der Waals surface area (Å²) in [4.78, 5) is 42.1. The Morgan fingerprint density at radius 3 is 2.63 bits per heavy atom. The summed E-state index contributed by atoms with van der Waals surface area (Å²) in [6, 6.07) is 6.98. The van der Waals surface area contributed by atoms with E-state index in [9.17, 15) is 14.4 Å². The topological polar surface area (TPSA) is 86.0 Å². The molecule has 7 nitrogen and oxygen atoms in total. The van der Waals surface area contributed by atoms with Crippen LogP contribution in [-0.4, -0.2) is 20.0 Å². The Kier molecular flexibility index (Phi) is 5.27. The van der Waals surface area contributed by atoms with E-state index in [1.165, 1.54) is 11.6 Å². The van der Waals surface area contributed by atoms with Crippen molar-refractivity contribution in [3.8, 4) is 0 Å². The van der Waals surface area contributed by atoms with Gasteiger partial charge in [0.25, 0.3) is 11.5 Å². The number of nitrogens with one attached hydrogen (secondary N) is 1. The molecule has 0 spiro atoms. The number of nitrogens with zero attached hydrogens (tertiary/aromatic N) is 3. The predicted molar refractivity (Wildman–Crippen MR) is 108 cm³/mol. The normalized spacial score (nSPS) is 11.0. The monoisotopic (exact) mass is 430 g/mol. The van der Waals surface area contributed by atoms with Gasteiger partial charge in [-0.3, -0.25) is 18.7 Å². The summed E-state index contributed by atoms with van der Waals surface area (Å²) >= 11 is 3.35. The second-order valence-corrected chi connectivity index (χ2v) is 7.19. The number of hydrogen-bond acceptors (Lipinski definition) is 4. The minimum atomic E-state index is -0.483. The highest BCUT2D eigenvalue weighted by Gasteiger charge is 2.19. The van der Waals surface area contributed by atoms with E-state index in [0.29, 0.717) is 17.7 Å². The maximum absolute atomic E-state index is 12.8. The average Bonchev–Trinajstić information content (AvgIpc) is 2.65. The number of halogens is 1. The molecule has 0 radical (unpaired) electrons. The van der Waals surface area contributed by atoms with Crippen LogP contribution in [0.1, 0.15) is 29.3 Å². The smallest absolute Gasteiger partial charge is 0.321 e. The molecule has 0 saturated heterocycles. The van der Waals surface area contributed by atoms with Gasteiger partial charge in [-0.25, -0.2) is 9.78 Å². The van der Waals surface area contributed by atoms with Crippen LogP contribution in [0.15, 0.2) is 44.5 Å². The van der Waals surface area contributed by atoms with E-state index < -0.39 is 11.2 Å². The number of pyridine rings is 1. The lowest BCUT2D eigenvalue weighted by Gasteiger charge is -2.15. The van der Waals surface area contributed by atoms with Crippen LogP contribution in [0, 0.1) is 0 Å². The van der Waals surface area contributed by atoms with Gasteiger partial charge >= 0.3 is 5.69 Å². The molecular formula is C19H19BrN4O3. The first kappa shape index (κ1) is 19.0. The number of rotatable bonds is 4. The average molecular weight is 431 g/mol. The van der Waals surface area contributed by atoms with Gasteiger partial charge in [-0.15, -0.1) is 0 Å². The quantitative estimate of drug-likeness (QED) is 0.688. The number of anilines is 1. The first-order chi connectivity index (χ1) is 12.8. The maximum atomic E-state index is 12.8. The van der Waals surface area contributed by atoms with Gasteiger partial charge in [0.1, 0.15) is 5.39 Å². The number of amides is 1. The minimum absolute atomic E-state index is 0.230. The summed E-state index contributed by atoms with van der Waals surface area (Å²) in [6.45, 7) is 2.00. The molecule has 0 aliphatic rings. The Morgan fingerprint density at radius 1 is 1.22 bits per heavy atom. The molecule has 3 aromatic rings. The van der Waals surface area contributed by atoms with Crippen molar-refractivity contribution in [1.82, 2.24) is 14.1 Å². The molecule has 0 aliphatic heterocycles. The lowest BCUT2D eigenvalue weighted by Crippen LogP contribution is -2.38. The van der Waals surface area contributed by atoms with Crippen molar-refractivity contribution in [1.29, 1.82) is 0 Å². The summed E-state index contributed by atoms with van der Waals surface area (Å²) in [5, 5.41) is 3.10. The van der Waals surface area contributed by atoms with Gasteiger partial charge in [-0.2, -0.15) is 0 Å². The van der Waals surface area contributed by atoms with Gasteiger partial charge in [-0.05, 0) is 30.2 Å². The van der Waals surface area contributed by atoms with Crippen molar-refractivity contribution < 1.29 is 4.79 Å². The number of carbonyl (C=O) groups excluding carboxylic acids is 1. The largest absolute Gasteiger partial charge is 0.332 e. The zero-order chi connectivity index (χ0) is 19.7. The highest BCUT2D eigenvalue weighted by molar-refractivity contribution is 9.10. The van der Waals surface area contributed by atoms with Crippen LogP contribution in [0.25, 0.3) is 11.0 Å². The van der Waals surface area contributed by atoms with E-state index in [0.717, 1.165) is 21.0 Å². The Hall–Kier alpha value is -2.74. The van der Waals surface area contributed by atoms with E-state index >= 15 is 0 Å². The molecule has 0 bridgehead atoms. The van der Waals surface area contributed by atoms with Crippen LogP contribution < -0.4 is 16.6 Å². The van der Waals surface area contributed by atoms with Crippen LogP contribution in [0.4, 0.5) is 5.69 Å². The van der Waals surface area contributed by atoms with Crippen molar-refractivity contribution in [2.45, 2.75) is 19.8 Å². The fourth-order valence-electron chi connectivity index (χ4n) is 2.98. The van der Waals surface area contributed by atoms with E-state index in [-0.39, 0.29) is 16.9 Å². The zero-order valence-electron chi connectivity index (χ0n) is 15.2. The van der Waals surface area contributed by atoms with Crippen LogP contribution in [0.2, 0.25) is 0 Å². The molecule has 0 aliphatic carbocycles. The molecule has 1 aromatic carbocycles. The third kappa shape index (κ3) is 3.44. The molecular weight excluding hydrogens is 412 g/mol. The second-order valence-electron chi connectivity index (χ2n) is 6.28. The molecule has 1 N–H and O–H groups in total. The first-order valence-corrected chi connectivity index (χ1v) is 9.29. The van der Waals surface area contributed by atoms with E-state index in [1.807, 2.05) is 13.0 Å². The molecule has 2 heterocycles. The van der Waals surface area contributed by atoms with Gasteiger partial charge < -0.3 is 5.32 Å². The molecule has 3 rings (SSSR count). The van der Waals surface area contributed by atoms with Gasteiger partial charge in [0.15, 0.2) is 5.65 Å². The highest BCUT2D eigenvalue weighted by Crippen LogP contribution is 2.25. The Bertz CT molecular complexity index is 1160. The highest BCUT2D eigenvalue weighted by atomic mass is 79.9. The fraction of sp³-hybridized carbons (Fsp3) is 0.263. The van der Waals surface area contributed by atoms with E-state index in [1.54, 1.807) is 31.4 Å². The molecule has 27 heavy (non-hydrogen) atoms. The predicted octanol–water partition coefficient (Wildman–Crippen LogP) is 2.60. The lowest BCUT2D eigenvalue weighted by molar-refractivity contribution is 0.102. The van der Waals surface area contributed by atoms with Gasteiger partial charge in [0, 0.05) is 30.3 Å². The molecule has 8 heteroatoms. The van der Waals surface area contributed by atoms with Crippen molar-refractivity contribution in [2.75, 3.05) is 5.32 Å². The second kappa shape index (κ2) is 7.48. The number of aromatic nitrogens is 3. The Morgan fingerprint density at radius 2 is 1.96 bits per heavy atom. The number of hydrogen-bond donors (Lipinski definition) is 1. The zero-order valence-corrected chi connectivity index (χ0v) is 16.8. The molecule has 0 fully saturated rings. The summed E-state index contributed by atoms with van der Waals surface area (Å²) in [5.41, 5.74) is 0.911. The third-order valence-electron chi connectivity index (χ3n) is 4.39. The van der Waals surface area contributed by atoms with Crippen LogP contribution in [-0.2, 0) is 20.5 Å². The lowest BCUT2D eigenvalue weighted by atomic mass is 10.1. The number of carbonyl (C=O) groups is 1. The van der Waals surface area contributed by atoms with Gasteiger partial charge in [0.05, 0.1) is 5.69 Å². The van der Waals surface area contributed by atoms with Crippen molar-refractivity contribution >= 4 is 38.6 Å². The number of fused-ring (bicyclic) bond motifs is 1. The molecule has 2 aromatic heterocycles. The first-order valence-electron chi connectivity index (χ1n) is 8.49. The Balaban J connectivity index is 2.26. The molecule has 0 atom stereocenters. The molecule has 0 saturated carbocycles. The van der Waals surface area contributed by atoms with Crippen LogP contribution >= 0.6 is 15.9 Å². The van der Waals surface area contributed by atoms with E-state index in [4.69, 9.17) is 0 Å². The molecule has 0 unspecified atom stereocenters. The summed E-state index contributed by atoms with van der Waals surface area (Å²) in [5.74, 6) is -0.336. The fourth-order valence-corrected chi connectivity index (χ4v) is 3.38. The minimum Gasteiger partial charge on any atom is -0.321 e. The summed E-state index contributed by atoms with van der Waals surface area (Å²) in [7, 11) is 2.97. The van der Waals surface area contributed by atoms with Crippen LogP contribution in [0.5, 0.6) is 0 Å². The third-order valence-corrected chi connectivity index (χ3v) is 4.89. The van der Waals surface area contributed by atoms with Crippen molar-refractivity contribution in [2.24, 2.45) is 14.1 Å². The van der Waals surface area contributed by atoms with Crippen molar-refractivity contribution in [3.63, 3.8) is 0 Å². The van der Waals surface area contributed by atoms with E-state index in [2.05, 4.69) is 26.2 Å². The SMILES string of the molecule is CCCc1cnc2c(c1NC(=O)c1cccc(Br)c1)c(=O)n(C)c(=O)n2C. The van der Waals surface area contributed by atoms with Crippen LogP contribution in [0.3, 0.4) is 0 Å². The van der Waals surface area contributed by atoms with Crippen molar-refractivity contribution in [3.05, 3.63) is 66.9 Å². The molecule has 1 amide bonds. The summed E-state index contributed by atoms with van der Waals surface area (Å²) in [6.07, 6.45) is 3.07. The Labute approximate surface area is 163 Å². The van der Waals surface area contributed by atoms with Gasteiger partial charge in [-0.1, -0.05) is 35.3 Å².